The molecule has 1 N–H and O–H groups in total. The number of aromatic nitrogens is 2. The molecule has 1 heterocycles. The first-order valence-corrected chi connectivity index (χ1v) is 7.05. The van der Waals surface area contributed by atoms with Crippen molar-refractivity contribution in [1.82, 2.24) is 9.97 Å². The van der Waals surface area contributed by atoms with Crippen LogP contribution in [-0.4, -0.2) is 32.4 Å². The molecule has 100 valence electrons. The van der Waals surface area contributed by atoms with E-state index >= 15 is 0 Å². The summed E-state index contributed by atoms with van der Waals surface area (Å²) in [5, 5.41) is 13.6. The van der Waals surface area contributed by atoms with Crippen LogP contribution in [0.15, 0.2) is 12.4 Å². The molecule has 0 atom stereocenters. The quantitative estimate of drug-likeness (QED) is 0.606. The van der Waals surface area contributed by atoms with Crippen LogP contribution in [-0.2, 0) is 0 Å². The lowest BCUT2D eigenvalue weighted by molar-refractivity contribution is -0.385. The first-order valence-electron chi connectivity index (χ1n) is 5.82. The number of hydrogen-bond acceptors (Lipinski definition) is 6. The van der Waals surface area contributed by atoms with Crippen LogP contribution in [0.1, 0.15) is 26.7 Å². The van der Waals surface area contributed by atoms with E-state index < -0.39 is 4.92 Å². The van der Waals surface area contributed by atoms with E-state index in [0.29, 0.717) is 5.95 Å². The van der Waals surface area contributed by atoms with Gasteiger partial charge in [0.25, 0.3) is 0 Å². The Labute approximate surface area is 111 Å². The molecule has 6 nitrogen and oxygen atoms in total. The second kappa shape index (κ2) is 6.53. The SMILES string of the molecule is CCC(CC)(CNc1ncc([N+](=O)[O-])cn1)SC. The Hall–Kier alpha value is -1.37. The third-order valence-corrected chi connectivity index (χ3v) is 4.73. The van der Waals surface area contributed by atoms with Crippen LogP contribution in [0.4, 0.5) is 11.6 Å². The monoisotopic (exact) mass is 270 g/mol. The predicted octanol–water partition coefficient (Wildman–Crippen LogP) is 2.72. The zero-order chi connectivity index (χ0) is 13.6. The highest BCUT2D eigenvalue weighted by Gasteiger charge is 2.24. The van der Waals surface area contributed by atoms with Gasteiger partial charge in [-0.2, -0.15) is 11.8 Å². The van der Waals surface area contributed by atoms with Gasteiger partial charge in [0, 0.05) is 11.3 Å². The van der Waals surface area contributed by atoms with Gasteiger partial charge in [0.15, 0.2) is 0 Å². The summed E-state index contributed by atoms with van der Waals surface area (Å²) in [5.41, 5.74) is -0.0948. The number of nitrogens with one attached hydrogen (secondary N) is 1. The molecule has 0 aliphatic rings. The molecule has 1 aromatic rings. The topological polar surface area (TPSA) is 81.0 Å². The molecule has 1 aromatic heterocycles. The Balaban J connectivity index is 2.65. The summed E-state index contributed by atoms with van der Waals surface area (Å²) in [6, 6.07) is 0. The first kappa shape index (κ1) is 14.7. The Morgan fingerprint density at radius 1 is 1.39 bits per heavy atom. The Morgan fingerprint density at radius 3 is 2.33 bits per heavy atom. The fraction of sp³-hybridized carbons (Fsp3) is 0.636. The molecule has 0 amide bonds. The summed E-state index contributed by atoms with van der Waals surface area (Å²) < 4.78 is 0.158. The average Bonchev–Trinajstić information content (AvgIpc) is 2.41. The highest BCUT2D eigenvalue weighted by Crippen LogP contribution is 2.30. The normalized spacial score (nSPS) is 11.3. The van der Waals surface area contributed by atoms with Gasteiger partial charge < -0.3 is 5.32 Å². The summed E-state index contributed by atoms with van der Waals surface area (Å²) in [6.07, 6.45) is 6.61. The van der Waals surface area contributed by atoms with Gasteiger partial charge in [-0.3, -0.25) is 10.1 Å². The van der Waals surface area contributed by atoms with Gasteiger partial charge in [-0.15, -0.1) is 0 Å². The molecule has 18 heavy (non-hydrogen) atoms. The number of anilines is 1. The van der Waals surface area contributed by atoms with Gasteiger partial charge in [0.05, 0.1) is 4.92 Å². The molecule has 0 fully saturated rings. The van der Waals surface area contributed by atoms with Crippen molar-refractivity contribution < 1.29 is 4.92 Å². The fourth-order valence-corrected chi connectivity index (χ4v) is 2.40. The van der Waals surface area contributed by atoms with E-state index in [2.05, 4.69) is 35.4 Å². The van der Waals surface area contributed by atoms with E-state index in [4.69, 9.17) is 0 Å². The van der Waals surface area contributed by atoms with Gasteiger partial charge in [-0.05, 0) is 19.1 Å². The fourth-order valence-electron chi connectivity index (χ4n) is 1.61. The van der Waals surface area contributed by atoms with E-state index in [0.717, 1.165) is 19.4 Å². The van der Waals surface area contributed by atoms with Crippen molar-refractivity contribution in [3.05, 3.63) is 22.5 Å². The highest BCUT2D eigenvalue weighted by atomic mass is 32.2. The third-order valence-electron chi connectivity index (χ3n) is 3.14. The average molecular weight is 270 g/mol. The summed E-state index contributed by atoms with van der Waals surface area (Å²) >= 11 is 1.82. The molecule has 0 aliphatic carbocycles. The molecule has 0 spiro atoms. The molecule has 0 unspecified atom stereocenters. The maximum absolute atomic E-state index is 10.5. The Morgan fingerprint density at radius 2 is 1.94 bits per heavy atom. The van der Waals surface area contributed by atoms with Crippen molar-refractivity contribution in [3.8, 4) is 0 Å². The van der Waals surface area contributed by atoms with E-state index in [1.54, 1.807) is 0 Å². The molecule has 0 radical (unpaired) electrons. The van der Waals surface area contributed by atoms with Crippen LogP contribution in [0.5, 0.6) is 0 Å². The maximum atomic E-state index is 10.5. The predicted molar refractivity (Wildman–Crippen MR) is 74.0 cm³/mol. The minimum Gasteiger partial charge on any atom is -0.353 e. The largest absolute Gasteiger partial charge is 0.353 e. The van der Waals surface area contributed by atoms with Crippen LogP contribution in [0.3, 0.4) is 0 Å². The van der Waals surface area contributed by atoms with Crippen molar-refractivity contribution in [1.29, 1.82) is 0 Å². The lowest BCUT2D eigenvalue weighted by Crippen LogP contribution is -2.32. The van der Waals surface area contributed by atoms with E-state index in [9.17, 15) is 10.1 Å². The summed E-state index contributed by atoms with van der Waals surface area (Å²) in [7, 11) is 0. The minimum absolute atomic E-state index is 0.0948. The van der Waals surface area contributed by atoms with Crippen molar-refractivity contribution in [2.75, 3.05) is 18.1 Å². The molecule has 0 aromatic carbocycles. The van der Waals surface area contributed by atoms with Gasteiger partial charge in [0.2, 0.25) is 5.95 Å². The second-order valence-corrected chi connectivity index (χ2v) is 5.24. The molecule has 0 saturated carbocycles. The summed E-state index contributed by atoms with van der Waals surface area (Å²) in [6.45, 7) is 5.05. The Kier molecular flexibility index (Phi) is 5.33. The highest BCUT2D eigenvalue weighted by molar-refractivity contribution is 8.00. The Bertz CT molecular complexity index is 384. The van der Waals surface area contributed by atoms with E-state index in [1.807, 2.05) is 11.8 Å². The second-order valence-electron chi connectivity index (χ2n) is 3.97. The van der Waals surface area contributed by atoms with Crippen molar-refractivity contribution in [2.24, 2.45) is 0 Å². The van der Waals surface area contributed by atoms with E-state index in [1.165, 1.54) is 12.4 Å². The molecule has 1 rings (SSSR count). The van der Waals surface area contributed by atoms with E-state index in [-0.39, 0.29) is 10.4 Å². The summed E-state index contributed by atoms with van der Waals surface area (Å²) in [5.74, 6) is 0.431. The van der Waals surface area contributed by atoms with Gasteiger partial charge >= 0.3 is 5.69 Å². The maximum Gasteiger partial charge on any atom is 0.305 e. The number of nitrogens with zero attached hydrogens (tertiary/aromatic N) is 3. The van der Waals surface area contributed by atoms with Crippen molar-refractivity contribution in [2.45, 2.75) is 31.4 Å². The molecule has 0 saturated heterocycles. The van der Waals surface area contributed by atoms with Gasteiger partial charge in [0.1, 0.15) is 12.4 Å². The molecule has 0 aliphatic heterocycles. The molecule has 0 bridgehead atoms. The summed E-state index contributed by atoms with van der Waals surface area (Å²) in [4.78, 5) is 17.8. The lowest BCUT2D eigenvalue weighted by atomic mass is 10.0. The number of nitro groups is 1. The van der Waals surface area contributed by atoms with Crippen LogP contribution in [0.25, 0.3) is 0 Å². The zero-order valence-electron chi connectivity index (χ0n) is 10.8. The third kappa shape index (κ3) is 3.56. The van der Waals surface area contributed by atoms with Gasteiger partial charge in [-0.1, -0.05) is 13.8 Å². The smallest absolute Gasteiger partial charge is 0.305 e. The molecular formula is C11H18N4O2S. The standard InChI is InChI=1S/C11H18N4O2S/c1-4-11(5-2,18-3)8-14-10-12-6-9(7-13-10)15(16)17/h6-7H,4-5,8H2,1-3H3,(H,12,13,14). The lowest BCUT2D eigenvalue weighted by Gasteiger charge is -2.29. The number of rotatable bonds is 7. The van der Waals surface area contributed by atoms with Crippen LogP contribution in [0.2, 0.25) is 0 Å². The molecular weight excluding hydrogens is 252 g/mol. The number of thioether (sulfide) groups is 1. The van der Waals surface area contributed by atoms with Crippen molar-refractivity contribution in [3.63, 3.8) is 0 Å². The van der Waals surface area contributed by atoms with Crippen LogP contribution < -0.4 is 5.32 Å². The minimum atomic E-state index is -0.506. The number of hydrogen-bond donors (Lipinski definition) is 1. The molecule has 7 heteroatoms. The zero-order valence-corrected chi connectivity index (χ0v) is 11.7. The van der Waals surface area contributed by atoms with Crippen molar-refractivity contribution >= 4 is 23.4 Å². The van der Waals surface area contributed by atoms with Crippen LogP contribution >= 0.6 is 11.8 Å². The van der Waals surface area contributed by atoms with Gasteiger partial charge in [-0.25, -0.2) is 9.97 Å². The van der Waals surface area contributed by atoms with Crippen LogP contribution in [0, 0.1) is 10.1 Å². The first-order chi connectivity index (χ1) is 8.56.